The zero-order valence-corrected chi connectivity index (χ0v) is 9.93. The zero-order chi connectivity index (χ0) is 11.4. The largest absolute Gasteiger partial charge is 0.496 e. The van der Waals surface area contributed by atoms with Crippen LogP contribution in [0.1, 0.15) is 30.9 Å². The maximum absolute atomic E-state index is 8.62. The van der Waals surface area contributed by atoms with Gasteiger partial charge >= 0.3 is 0 Å². The molecular weight excluding hydrogens is 210 g/mol. The van der Waals surface area contributed by atoms with Gasteiger partial charge in [-0.25, -0.2) is 0 Å². The van der Waals surface area contributed by atoms with E-state index < -0.39 is 0 Å². The van der Waals surface area contributed by atoms with Crippen molar-refractivity contribution in [2.75, 3.05) is 7.11 Å². The quantitative estimate of drug-likeness (QED) is 0.785. The number of nitrogens with zero attached hydrogens (tertiary/aromatic N) is 1. The molecule has 2 nitrogen and oxygen atoms in total. The van der Waals surface area contributed by atoms with Gasteiger partial charge in [0.1, 0.15) is 5.75 Å². The van der Waals surface area contributed by atoms with Crippen molar-refractivity contribution in [3.05, 3.63) is 28.3 Å². The molecule has 0 aliphatic heterocycles. The van der Waals surface area contributed by atoms with Crippen molar-refractivity contribution in [3.63, 3.8) is 0 Å². The fourth-order valence-electron chi connectivity index (χ4n) is 1.57. The highest BCUT2D eigenvalue weighted by Gasteiger charge is 2.13. The summed E-state index contributed by atoms with van der Waals surface area (Å²) in [6.07, 6.45) is 0.356. The molecule has 0 atom stereocenters. The van der Waals surface area contributed by atoms with Crippen molar-refractivity contribution in [1.29, 1.82) is 5.26 Å². The Kier molecular flexibility index (Phi) is 3.99. The minimum Gasteiger partial charge on any atom is -0.496 e. The van der Waals surface area contributed by atoms with Crippen LogP contribution in [0.5, 0.6) is 5.75 Å². The molecule has 0 spiro atoms. The highest BCUT2D eigenvalue weighted by Crippen LogP contribution is 2.34. The van der Waals surface area contributed by atoms with E-state index in [-0.39, 0.29) is 0 Å². The van der Waals surface area contributed by atoms with Gasteiger partial charge in [-0.15, -0.1) is 0 Å². The molecule has 0 radical (unpaired) electrons. The fourth-order valence-corrected chi connectivity index (χ4v) is 2.02. The first-order chi connectivity index (χ1) is 7.10. The third kappa shape index (κ3) is 2.64. The second kappa shape index (κ2) is 5.04. The van der Waals surface area contributed by atoms with Gasteiger partial charge in [0, 0.05) is 10.6 Å². The van der Waals surface area contributed by atoms with E-state index in [0.717, 1.165) is 16.9 Å². The maximum atomic E-state index is 8.62. The van der Waals surface area contributed by atoms with Crippen molar-refractivity contribution in [1.82, 2.24) is 0 Å². The SMILES string of the molecule is COc1cc(CC#N)cc(Cl)c1C(C)C. The van der Waals surface area contributed by atoms with Crippen molar-refractivity contribution in [2.24, 2.45) is 0 Å². The van der Waals surface area contributed by atoms with E-state index in [4.69, 9.17) is 21.6 Å². The Balaban J connectivity index is 3.25. The molecule has 0 saturated heterocycles. The zero-order valence-electron chi connectivity index (χ0n) is 9.17. The summed E-state index contributed by atoms with van der Waals surface area (Å²) in [6, 6.07) is 5.81. The number of nitriles is 1. The summed E-state index contributed by atoms with van der Waals surface area (Å²) >= 11 is 6.15. The molecule has 1 aromatic rings. The van der Waals surface area contributed by atoms with Crippen LogP contribution in [0.4, 0.5) is 0 Å². The van der Waals surface area contributed by atoms with E-state index in [1.54, 1.807) is 7.11 Å². The van der Waals surface area contributed by atoms with Crippen LogP contribution in [0.3, 0.4) is 0 Å². The molecule has 0 fully saturated rings. The first-order valence-electron chi connectivity index (χ1n) is 4.83. The van der Waals surface area contributed by atoms with E-state index in [9.17, 15) is 0 Å². The first-order valence-corrected chi connectivity index (χ1v) is 5.21. The summed E-state index contributed by atoms with van der Waals surface area (Å²) < 4.78 is 5.28. The Morgan fingerprint density at radius 1 is 1.47 bits per heavy atom. The molecule has 3 heteroatoms. The normalized spacial score (nSPS) is 10.1. The van der Waals surface area contributed by atoms with Gasteiger partial charge in [0.25, 0.3) is 0 Å². The third-order valence-electron chi connectivity index (χ3n) is 2.23. The van der Waals surface area contributed by atoms with Crippen molar-refractivity contribution in [2.45, 2.75) is 26.2 Å². The van der Waals surface area contributed by atoms with Crippen LogP contribution < -0.4 is 4.74 Å². The molecule has 0 N–H and O–H groups in total. The molecule has 15 heavy (non-hydrogen) atoms. The molecule has 1 aromatic carbocycles. The third-order valence-corrected chi connectivity index (χ3v) is 2.54. The van der Waals surface area contributed by atoms with Crippen LogP contribution in [0.25, 0.3) is 0 Å². The summed E-state index contributed by atoms with van der Waals surface area (Å²) in [5.74, 6) is 1.08. The molecule has 0 unspecified atom stereocenters. The van der Waals surface area contributed by atoms with Gasteiger partial charge < -0.3 is 4.74 Å². The molecule has 0 aromatic heterocycles. The van der Waals surface area contributed by atoms with E-state index in [0.29, 0.717) is 17.4 Å². The van der Waals surface area contributed by atoms with E-state index in [1.807, 2.05) is 12.1 Å². The van der Waals surface area contributed by atoms with E-state index >= 15 is 0 Å². The molecule has 0 bridgehead atoms. The summed E-state index contributed by atoms with van der Waals surface area (Å²) in [6.45, 7) is 4.13. The number of rotatable bonds is 3. The number of ether oxygens (including phenoxy) is 1. The smallest absolute Gasteiger partial charge is 0.124 e. The predicted octanol–water partition coefficient (Wildman–Crippen LogP) is 3.54. The highest BCUT2D eigenvalue weighted by atomic mass is 35.5. The molecule has 0 heterocycles. The Labute approximate surface area is 95.4 Å². The van der Waals surface area contributed by atoms with Gasteiger partial charge in [-0.2, -0.15) is 5.26 Å². The summed E-state index contributed by atoms with van der Waals surface area (Å²) in [5.41, 5.74) is 1.89. The van der Waals surface area contributed by atoms with Crippen LogP contribution in [-0.4, -0.2) is 7.11 Å². The van der Waals surface area contributed by atoms with Crippen molar-refractivity contribution in [3.8, 4) is 11.8 Å². The number of benzene rings is 1. The molecular formula is C12H14ClNO. The standard InChI is InChI=1S/C12H14ClNO/c1-8(2)12-10(13)6-9(4-5-14)7-11(12)15-3/h6-8H,4H2,1-3H3. The second-order valence-corrected chi connectivity index (χ2v) is 4.09. The molecule has 0 aliphatic carbocycles. The van der Waals surface area contributed by atoms with Gasteiger partial charge in [-0.3, -0.25) is 0 Å². The number of hydrogen-bond acceptors (Lipinski definition) is 2. The lowest BCUT2D eigenvalue weighted by molar-refractivity contribution is 0.407. The van der Waals surface area contributed by atoms with Crippen molar-refractivity contribution >= 4 is 11.6 Å². The average molecular weight is 224 g/mol. The Bertz CT molecular complexity index is 393. The fraction of sp³-hybridized carbons (Fsp3) is 0.417. The highest BCUT2D eigenvalue weighted by molar-refractivity contribution is 6.31. The molecule has 1 rings (SSSR count). The van der Waals surface area contributed by atoms with E-state index in [1.165, 1.54) is 0 Å². The van der Waals surface area contributed by atoms with E-state index in [2.05, 4.69) is 19.9 Å². The first kappa shape index (κ1) is 11.9. The number of halogens is 1. The monoisotopic (exact) mass is 223 g/mol. The van der Waals surface area contributed by atoms with Crippen molar-refractivity contribution < 1.29 is 4.74 Å². The maximum Gasteiger partial charge on any atom is 0.124 e. The Morgan fingerprint density at radius 3 is 2.60 bits per heavy atom. The van der Waals surface area contributed by atoms with Crippen LogP contribution in [0, 0.1) is 11.3 Å². The van der Waals surface area contributed by atoms with Gasteiger partial charge in [0.05, 0.1) is 19.6 Å². The molecule has 0 amide bonds. The average Bonchev–Trinajstić information content (AvgIpc) is 2.16. The summed E-state index contributed by atoms with van der Waals surface area (Å²) in [4.78, 5) is 0. The number of methoxy groups -OCH3 is 1. The molecule has 0 saturated carbocycles. The van der Waals surface area contributed by atoms with Crippen LogP contribution >= 0.6 is 11.6 Å². The molecule has 0 aliphatic rings. The van der Waals surface area contributed by atoms with Crippen LogP contribution in [0.2, 0.25) is 5.02 Å². The van der Waals surface area contributed by atoms with Gasteiger partial charge in [0.2, 0.25) is 0 Å². The van der Waals surface area contributed by atoms with Gasteiger partial charge in [-0.1, -0.05) is 25.4 Å². The number of hydrogen-bond donors (Lipinski definition) is 0. The minimum absolute atomic E-state index is 0.309. The molecule has 80 valence electrons. The van der Waals surface area contributed by atoms with Crippen LogP contribution in [-0.2, 0) is 6.42 Å². The summed E-state index contributed by atoms with van der Waals surface area (Å²) in [7, 11) is 1.62. The lowest BCUT2D eigenvalue weighted by Gasteiger charge is -2.14. The Morgan fingerprint density at radius 2 is 2.13 bits per heavy atom. The van der Waals surface area contributed by atoms with Gasteiger partial charge in [0.15, 0.2) is 0 Å². The van der Waals surface area contributed by atoms with Crippen LogP contribution in [0.15, 0.2) is 12.1 Å². The van der Waals surface area contributed by atoms with Gasteiger partial charge in [-0.05, 0) is 23.6 Å². The lowest BCUT2D eigenvalue weighted by atomic mass is 9.99. The topological polar surface area (TPSA) is 33.0 Å². The second-order valence-electron chi connectivity index (χ2n) is 3.68. The predicted molar refractivity (Wildman–Crippen MR) is 61.4 cm³/mol. The lowest BCUT2D eigenvalue weighted by Crippen LogP contribution is -1.97. The Hall–Kier alpha value is -1.20. The minimum atomic E-state index is 0.309. The summed E-state index contributed by atoms with van der Waals surface area (Å²) in [5, 5.41) is 9.29.